The number of ether oxygens (including phenoxy) is 1. The molecule has 0 amide bonds. The zero-order valence-corrected chi connectivity index (χ0v) is 16.0. The van der Waals surface area contributed by atoms with Gasteiger partial charge in [-0.3, -0.25) is 14.2 Å². The monoisotopic (exact) mass is 389 g/mol. The quantitative estimate of drug-likeness (QED) is 0.759. The van der Waals surface area contributed by atoms with Gasteiger partial charge in [0.1, 0.15) is 11.6 Å². The highest BCUT2D eigenvalue weighted by Gasteiger charge is 2.28. The lowest BCUT2D eigenvalue weighted by atomic mass is 9.89. The Bertz CT molecular complexity index is 951. The molecule has 1 saturated heterocycles. The number of nitrogens with zero attached hydrogens (tertiary/aromatic N) is 2. The summed E-state index contributed by atoms with van der Waals surface area (Å²) in [5.41, 5.74) is 0.00832. The van der Waals surface area contributed by atoms with Gasteiger partial charge in [-0.15, -0.1) is 0 Å². The van der Waals surface area contributed by atoms with E-state index >= 15 is 0 Å². The second-order valence-corrected chi connectivity index (χ2v) is 7.10. The molecule has 1 N–H and O–H groups in total. The third kappa shape index (κ3) is 4.39. The number of carbonyl (C=O) groups is 1. The third-order valence-electron chi connectivity index (χ3n) is 5.10. The van der Waals surface area contributed by atoms with Crippen molar-refractivity contribution in [2.75, 3.05) is 26.7 Å². The molecule has 0 radical (unpaired) electrons. The summed E-state index contributed by atoms with van der Waals surface area (Å²) in [6.07, 6.45) is 1.52. The van der Waals surface area contributed by atoms with Gasteiger partial charge in [0.15, 0.2) is 5.78 Å². The van der Waals surface area contributed by atoms with E-state index in [1.165, 1.54) is 31.4 Å². The Labute approximate surface area is 161 Å². The molecule has 0 saturated carbocycles. The van der Waals surface area contributed by atoms with E-state index in [1.807, 2.05) is 0 Å². The highest BCUT2D eigenvalue weighted by Crippen LogP contribution is 2.27. The molecule has 2 aromatic rings. The lowest BCUT2D eigenvalue weighted by Gasteiger charge is -2.32. The highest BCUT2D eigenvalue weighted by molar-refractivity contribution is 6.00. The zero-order valence-electron chi connectivity index (χ0n) is 16.0. The largest absolute Gasteiger partial charge is 0.496 e. The molecule has 0 aliphatic carbocycles. The maximum atomic E-state index is 13.6. The number of carbonyl (C=O) groups excluding carboxylic acids is 1. The number of benzene rings is 1. The first kappa shape index (κ1) is 20.0. The zero-order chi connectivity index (χ0) is 20.3. The smallest absolute Gasteiger partial charge is 0.328 e. The van der Waals surface area contributed by atoms with Crippen LogP contribution in [0.5, 0.6) is 5.75 Å². The van der Waals surface area contributed by atoms with Crippen LogP contribution in [0.1, 0.15) is 28.9 Å². The number of likely N-dealkylation sites (tertiary alicyclic amines) is 1. The van der Waals surface area contributed by atoms with Crippen molar-refractivity contribution in [3.63, 3.8) is 0 Å². The summed E-state index contributed by atoms with van der Waals surface area (Å²) in [7, 11) is 1.45. The predicted molar refractivity (Wildman–Crippen MR) is 103 cm³/mol. The Balaban J connectivity index is 1.69. The second kappa shape index (κ2) is 8.52. The number of Topliss-reactive ketones (excluding diaryl/α,β-unsaturated/α-hetero) is 1. The van der Waals surface area contributed by atoms with Crippen LogP contribution < -0.4 is 16.0 Å². The molecule has 1 aliphatic rings. The normalized spacial score (nSPS) is 17.5. The Hall–Kier alpha value is -2.74. The summed E-state index contributed by atoms with van der Waals surface area (Å²) in [5.74, 6) is -0.542. The Morgan fingerprint density at radius 1 is 1.29 bits per heavy atom. The second-order valence-electron chi connectivity index (χ2n) is 7.10. The van der Waals surface area contributed by atoms with E-state index in [0.717, 1.165) is 17.5 Å². The molecule has 0 unspecified atom stereocenters. The molecule has 150 valence electrons. The minimum atomic E-state index is -0.477. The lowest BCUT2D eigenvalue weighted by molar-refractivity contribution is 0.0811. The first-order valence-corrected chi connectivity index (χ1v) is 9.30. The van der Waals surface area contributed by atoms with Crippen molar-refractivity contribution >= 4 is 5.78 Å². The van der Waals surface area contributed by atoms with Crippen molar-refractivity contribution in [2.24, 2.45) is 5.92 Å². The number of rotatable bonds is 6. The van der Waals surface area contributed by atoms with Crippen LogP contribution in [0.25, 0.3) is 0 Å². The minimum Gasteiger partial charge on any atom is -0.496 e. The van der Waals surface area contributed by atoms with Gasteiger partial charge in [0.05, 0.1) is 12.7 Å². The maximum absolute atomic E-state index is 13.6. The topological polar surface area (TPSA) is 84.4 Å². The van der Waals surface area contributed by atoms with Gasteiger partial charge in [0.25, 0.3) is 5.56 Å². The van der Waals surface area contributed by atoms with Crippen LogP contribution in [0.2, 0.25) is 0 Å². The fourth-order valence-electron chi connectivity index (χ4n) is 3.65. The number of methoxy groups -OCH3 is 1. The van der Waals surface area contributed by atoms with Crippen molar-refractivity contribution in [2.45, 2.75) is 26.3 Å². The van der Waals surface area contributed by atoms with Crippen LogP contribution in [0, 0.1) is 18.7 Å². The van der Waals surface area contributed by atoms with E-state index in [4.69, 9.17) is 4.74 Å². The molecule has 8 heteroatoms. The first-order chi connectivity index (χ1) is 13.4. The molecule has 1 atom stereocenters. The van der Waals surface area contributed by atoms with E-state index in [9.17, 15) is 18.8 Å². The standard InChI is InChI=1S/C20H24FN3O4/c1-13-10-18(25)24(20(27)22-13)9-8-23-7-3-4-14(12-23)19(26)16-11-15(21)5-6-17(16)28-2/h5-6,10-11,14H,3-4,7-9,12H2,1-2H3,(H,22,27)/t14-/m1/s1. The number of ketones is 1. The van der Waals surface area contributed by atoms with Gasteiger partial charge in [-0.1, -0.05) is 0 Å². The summed E-state index contributed by atoms with van der Waals surface area (Å²) in [6, 6.07) is 5.32. The molecule has 0 bridgehead atoms. The number of hydrogen-bond donors (Lipinski definition) is 1. The van der Waals surface area contributed by atoms with Crippen molar-refractivity contribution in [3.05, 3.63) is 62.2 Å². The first-order valence-electron chi connectivity index (χ1n) is 9.30. The summed E-state index contributed by atoms with van der Waals surface area (Å²) in [4.78, 5) is 41.6. The van der Waals surface area contributed by atoms with E-state index in [1.54, 1.807) is 6.92 Å². The molecular formula is C20H24FN3O4. The van der Waals surface area contributed by atoms with Crippen LogP contribution in [0.15, 0.2) is 33.9 Å². The molecule has 28 heavy (non-hydrogen) atoms. The molecule has 1 fully saturated rings. The maximum Gasteiger partial charge on any atom is 0.328 e. The van der Waals surface area contributed by atoms with Crippen molar-refractivity contribution < 1.29 is 13.9 Å². The highest BCUT2D eigenvalue weighted by atomic mass is 19.1. The SMILES string of the molecule is COc1ccc(F)cc1C(=O)[C@@H]1CCCN(CCn2c(=O)cc(C)[nH]c2=O)C1. The number of H-pyrrole nitrogens is 1. The van der Waals surface area contributed by atoms with Crippen molar-refractivity contribution in [1.29, 1.82) is 0 Å². The number of halogens is 1. The average Bonchev–Trinajstić information content (AvgIpc) is 2.66. The van der Waals surface area contributed by atoms with Crippen molar-refractivity contribution in [1.82, 2.24) is 14.5 Å². The van der Waals surface area contributed by atoms with E-state index in [-0.39, 0.29) is 29.4 Å². The minimum absolute atomic E-state index is 0.147. The fraction of sp³-hybridized carbons (Fsp3) is 0.450. The Morgan fingerprint density at radius 3 is 2.79 bits per heavy atom. The fourth-order valence-corrected chi connectivity index (χ4v) is 3.65. The summed E-state index contributed by atoms with van der Waals surface area (Å²) in [5, 5.41) is 0. The number of piperidine rings is 1. The third-order valence-corrected chi connectivity index (χ3v) is 5.10. The van der Waals surface area contributed by atoms with Crippen LogP contribution in [-0.4, -0.2) is 47.0 Å². The van der Waals surface area contributed by atoms with Gasteiger partial charge in [0, 0.05) is 37.3 Å². The van der Waals surface area contributed by atoms with Gasteiger partial charge >= 0.3 is 5.69 Å². The number of aryl methyl sites for hydroxylation is 1. The summed E-state index contributed by atoms with van der Waals surface area (Å²) in [6.45, 7) is 3.67. The van der Waals surface area contributed by atoms with Crippen LogP contribution in [0.4, 0.5) is 4.39 Å². The van der Waals surface area contributed by atoms with Gasteiger partial charge in [-0.05, 0) is 44.5 Å². The molecule has 1 aromatic carbocycles. The van der Waals surface area contributed by atoms with Gasteiger partial charge in [0.2, 0.25) is 0 Å². The summed E-state index contributed by atoms with van der Waals surface area (Å²) >= 11 is 0. The predicted octanol–water partition coefficient (Wildman–Crippen LogP) is 1.59. The van der Waals surface area contributed by atoms with Crippen LogP contribution >= 0.6 is 0 Å². The lowest BCUT2D eigenvalue weighted by Crippen LogP contribution is -2.43. The molecule has 3 rings (SSSR count). The number of hydrogen-bond acceptors (Lipinski definition) is 5. The van der Waals surface area contributed by atoms with E-state index < -0.39 is 11.5 Å². The van der Waals surface area contributed by atoms with E-state index in [0.29, 0.717) is 31.0 Å². The molecule has 1 aromatic heterocycles. The molecule has 7 nitrogen and oxygen atoms in total. The number of nitrogens with one attached hydrogen (secondary N) is 1. The van der Waals surface area contributed by atoms with E-state index in [2.05, 4.69) is 9.88 Å². The van der Waals surface area contributed by atoms with Crippen molar-refractivity contribution in [3.8, 4) is 5.75 Å². The number of aromatic nitrogens is 2. The number of aromatic amines is 1. The van der Waals surface area contributed by atoms with Gasteiger partial charge in [-0.25, -0.2) is 9.18 Å². The molecule has 1 aliphatic heterocycles. The van der Waals surface area contributed by atoms with Crippen LogP contribution in [-0.2, 0) is 6.54 Å². The molecular weight excluding hydrogens is 365 g/mol. The van der Waals surface area contributed by atoms with Gasteiger partial charge < -0.3 is 14.6 Å². The van der Waals surface area contributed by atoms with Crippen LogP contribution in [0.3, 0.4) is 0 Å². The Kier molecular flexibility index (Phi) is 6.08. The molecule has 0 spiro atoms. The Morgan fingerprint density at radius 2 is 2.07 bits per heavy atom. The molecule has 2 heterocycles. The average molecular weight is 389 g/mol. The summed E-state index contributed by atoms with van der Waals surface area (Å²) < 4.78 is 20.0. The van der Waals surface area contributed by atoms with Gasteiger partial charge in [-0.2, -0.15) is 0 Å².